The van der Waals surface area contributed by atoms with Gasteiger partial charge in [-0.2, -0.15) is 13.2 Å². The van der Waals surface area contributed by atoms with E-state index in [1.54, 1.807) is 12.1 Å². The standard InChI is InChI=1S/C13H10F3NO/c1-18-11-6-2-5-10(12(11)13(14,15)16)9-4-3-7-17-8-9/h2-8H,1H3. The number of benzene rings is 1. The number of pyridine rings is 1. The topological polar surface area (TPSA) is 22.1 Å². The van der Waals surface area contributed by atoms with Crippen LogP contribution in [0.2, 0.25) is 0 Å². The molecule has 94 valence electrons. The Morgan fingerprint density at radius 2 is 1.89 bits per heavy atom. The molecule has 0 N–H and O–H groups in total. The molecular formula is C13H10F3NO. The van der Waals surface area contributed by atoms with Crippen LogP contribution in [0.25, 0.3) is 11.1 Å². The Kier molecular flexibility index (Phi) is 3.23. The highest BCUT2D eigenvalue weighted by atomic mass is 19.4. The molecule has 0 radical (unpaired) electrons. The lowest BCUT2D eigenvalue weighted by Crippen LogP contribution is -2.09. The first kappa shape index (κ1) is 12.4. The lowest BCUT2D eigenvalue weighted by atomic mass is 10.00. The third-order valence-electron chi connectivity index (χ3n) is 2.50. The van der Waals surface area contributed by atoms with Crippen LogP contribution in [-0.2, 0) is 6.18 Å². The molecule has 2 nitrogen and oxygen atoms in total. The van der Waals surface area contributed by atoms with Crippen molar-refractivity contribution in [3.05, 3.63) is 48.3 Å². The van der Waals surface area contributed by atoms with Gasteiger partial charge in [-0.05, 0) is 17.7 Å². The molecule has 0 saturated heterocycles. The molecule has 0 aliphatic heterocycles. The number of rotatable bonds is 2. The molecule has 0 aliphatic rings. The summed E-state index contributed by atoms with van der Waals surface area (Å²) < 4.78 is 44.0. The third-order valence-corrected chi connectivity index (χ3v) is 2.50. The molecule has 18 heavy (non-hydrogen) atoms. The van der Waals surface area contributed by atoms with E-state index >= 15 is 0 Å². The number of hydrogen-bond acceptors (Lipinski definition) is 2. The third kappa shape index (κ3) is 2.30. The van der Waals surface area contributed by atoms with Crippen molar-refractivity contribution in [2.24, 2.45) is 0 Å². The molecule has 0 aliphatic carbocycles. The summed E-state index contributed by atoms with van der Waals surface area (Å²) in [4.78, 5) is 3.83. The normalized spacial score (nSPS) is 11.3. The molecule has 2 aromatic rings. The monoisotopic (exact) mass is 253 g/mol. The van der Waals surface area contributed by atoms with Crippen LogP contribution >= 0.6 is 0 Å². The van der Waals surface area contributed by atoms with Gasteiger partial charge in [-0.1, -0.05) is 18.2 Å². The first-order valence-corrected chi connectivity index (χ1v) is 5.18. The molecule has 0 amide bonds. The number of nitrogens with zero attached hydrogens (tertiary/aromatic N) is 1. The number of halogens is 3. The van der Waals surface area contributed by atoms with Gasteiger partial charge in [0, 0.05) is 18.0 Å². The van der Waals surface area contributed by atoms with E-state index in [2.05, 4.69) is 4.98 Å². The van der Waals surface area contributed by atoms with E-state index in [-0.39, 0.29) is 11.3 Å². The Morgan fingerprint density at radius 3 is 2.44 bits per heavy atom. The van der Waals surface area contributed by atoms with Gasteiger partial charge in [-0.15, -0.1) is 0 Å². The van der Waals surface area contributed by atoms with Crippen LogP contribution in [0.4, 0.5) is 13.2 Å². The van der Waals surface area contributed by atoms with Gasteiger partial charge in [-0.3, -0.25) is 4.98 Å². The molecule has 1 aromatic heterocycles. The Balaban J connectivity index is 2.68. The smallest absolute Gasteiger partial charge is 0.420 e. The van der Waals surface area contributed by atoms with Gasteiger partial charge in [-0.25, -0.2) is 0 Å². The largest absolute Gasteiger partial charge is 0.496 e. The molecule has 5 heteroatoms. The van der Waals surface area contributed by atoms with Crippen molar-refractivity contribution in [3.63, 3.8) is 0 Å². The maximum atomic E-state index is 13.1. The van der Waals surface area contributed by atoms with E-state index in [0.29, 0.717) is 5.56 Å². The van der Waals surface area contributed by atoms with Crippen molar-refractivity contribution in [2.45, 2.75) is 6.18 Å². The minimum absolute atomic E-state index is 0.0648. The van der Waals surface area contributed by atoms with E-state index < -0.39 is 11.7 Å². The number of ether oxygens (including phenoxy) is 1. The second-order valence-corrected chi connectivity index (χ2v) is 3.62. The molecule has 1 heterocycles. The van der Waals surface area contributed by atoms with Crippen LogP contribution in [0, 0.1) is 0 Å². The summed E-state index contributed by atoms with van der Waals surface area (Å²) in [5.74, 6) is -0.191. The van der Waals surface area contributed by atoms with Gasteiger partial charge in [0.25, 0.3) is 0 Å². The zero-order valence-corrected chi connectivity index (χ0v) is 9.53. The molecule has 0 saturated carbocycles. The van der Waals surface area contributed by atoms with Crippen molar-refractivity contribution in [3.8, 4) is 16.9 Å². The second kappa shape index (κ2) is 4.68. The minimum atomic E-state index is -4.47. The van der Waals surface area contributed by atoms with Crippen LogP contribution < -0.4 is 4.74 Å². The second-order valence-electron chi connectivity index (χ2n) is 3.62. The number of alkyl halides is 3. The molecule has 0 atom stereocenters. The molecular weight excluding hydrogens is 243 g/mol. The van der Waals surface area contributed by atoms with Gasteiger partial charge in [0.05, 0.1) is 7.11 Å². The molecule has 2 rings (SSSR count). The van der Waals surface area contributed by atoms with E-state index in [4.69, 9.17) is 4.74 Å². The summed E-state index contributed by atoms with van der Waals surface area (Å²) in [6.07, 6.45) is -1.57. The summed E-state index contributed by atoms with van der Waals surface area (Å²) >= 11 is 0. The fourth-order valence-electron chi connectivity index (χ4n) is 1.76. The average molecular weight is 253 g/mol. The van der Waals surface area contributed by atoms with Gasteiger partial charge < -0.3 is 4.74 Å². The van der Waals surface area contributed by atoms with E-state index in [0.717, 1.165) is 0 Å². The van der Waals surface area contributed by atoms with Gasteiger partial charge in [0.2, 0.25) is 0 Å². The van der Waals surface area contributed by atoms with Crippen molar-refractivity contribution in [1.82, 2.24) is 4.98 Å². The summed E-state index contributed by atoms with van der Waals surface area (Å²) in [7, 11) is 1.22. The molecule has 0 unspecified atom stereocenters. The molecule has 1 aromatic carbocycles. The first-order valence-electron chi connectivity index (χ1n) is 5.18. The van der Waals surface area contributed by atoms with Gasteiger partial charge in [0.15, 0.2) is 0 Å². The highest BCUT2D eigenvalue weighted by molar-refractivity contribution is 5.70. The van der Waals surface area contributed by atoms with Gasteiger partial charge >= 0.3 is 6.18 Å². The van der Waals surface area contributed by atoms with Crippen LogP contribution in [0.3, 0.4) is 0 Å². The van der Waals surface area contributed by atoms with Crippen molar-refractivity contribution >= 4 is 0 Å². The Labute approximate surface area is 102 Å². The fourth-order valence-corrected chi connectivity index (χ4v) is 1.76. The highest BCUT2D eigenvalue weighted by Crippen LogP contribution is 2.42. The SMILES string of the molecule is COc1cccc(-c2cccnc2)c1C(F)(F)F. The summed E-state index contributed by atoms with van der Waals surface area (Å²) in [5, 5.41) is 0. The Hall–Kier alpha value is -2.04. The van der Waals surface area contributed by atoms with Crippen LogP contribution in [0.1, 0.15) is 5.56 Å². The van der Waals surface area contributed by atoms with Crippen LogP contribution in [0.5, 0.6) is 5.75 Å². The number of hydrogen-bond donors (Lipinski definition) is 0. The summed E-state index contributed by atoms with van der Waals surface area (Å²) in [6, 6.07) is 7.40. The maximum Gasteiger partial charge on any atom is 0.420 e. The van der Waals surface area contributed by atoms with Crippen LogP contribution in [-0.4, -0.2) is 12.1 Å². The fraction of sp³-hybridized carbons (Fsp3) is 0.154. The average Bonchev–Trinajstić information content (AvgIpc) is 2.38. The van der Waals surface area contributed by atoms with Crippen molar-refractivity contribution in [1.29, 1.82) is 0 Å². The number of aromatic nitrogens is 1. The predicted molar refractivity (Wildman–Crippen MR) is 61.2 cm³/mol. The number of methoxy groups -OCH3 is 1. The van der Waals surface area contributed by atoms with Crippen molar-refractivity contribution < 1.29 is 17.9 Å². The van der Waals surface area contributed by atoms with E-state index in [1.165, 1.54) is 37.7 Å². The first-order chi connectivity index (χ1) is 8.54. The molecule has 0 spiro atoms. The maximum absolute atomic E-state index is 13.1. The quantitative estimate of drug-likeness (QED) is 0.812. The van der Waals surface area contributed by atoms with E-state index in [1.807, 2.05) is 0 Å². The predicted octanol–water partition coefficient (Wildman–Crippen LogP) is 3.78. The highest BCUT2D eigenvalue weighted by Gasteiger charge is 2.37. The zero-order valence-electron chi connectivity index (χ0n) is 9.53. The summed E-state index contributed by atoms with van der Waals surface area (Å²) in [5.41, 5.74) is -0.306. The summed E-state index contributed by atoms with van der Waals surface area (Å²) in [6.45, 7) is 0. The molecule has 0 fully saturated rings. The minimum Gasteiger partial charge on any atom is -0.496 e. The lowest BCUT2D eigenvalue weighted by molar-refractivity contribution is -0.138. The van der Waals surface area contributed by atoms with Crippen LogP contribution in [0.15, 0.2) is 42.7 Å². The lowest BCUT2D eigenvalue weighted by Gasteiger charge is -2.16. The zero-order chi connectivity index (χ0) is 13.2. The molecule has 0 bridgehead atoms. The van der Waals surface area contributed by atoms with E-state index in [9.17, 15) is 13.2 Å². The Morgan fingerprint density at radius 1 is 1.11 bits per heavy atom. The Bertz CT molecular complexity index is 538. The van der Waals surface area contributed by atoms with Crippen molar-refractivity contribution in [2.75, 3.05) is 7.11 Å². The van der Waals surface area contributed by atoms with Gasteiger partial charge in [0.1, 0.15) is 11.3 Å².